The average molecular weight is 313 g/mol. The smallest absolute Gasteiger partial charge is 0.0410 e. The monoisotopic (exact) mass is 312 g/mol. The summed E-state index contributed by atoms with van der Waals surface area (Å²) in [4.78, 5) is 4.29. The van der Waals surface area contributed by atoms with Crippen molar-refractivity contribution in [3.05, 3.63) is 28.5 Å². The molecule has 0 aliphatic rings. The second-order valence-corrected chi connectivity index (χ2v) is 5.78. The molecule has 0 fully saturated rings. The summed E-state index contributed by atoms with van der Waals surface area (Å²) in [5.74, 6) is 0.790. The van der Waals surface area contributed by atoms with Gasteiger partial charge in [0, 0.05) is 22.9 Å². The van der Waals surface area contributed by atoms with Crippen molar-refractivity contribution in [1.29, 1.82) is 0 Å². The summed E-state index contributed by atoms with van der Waals surface area (Å²) in [6.07, 6.45) is 8.70. The van der Waals surface area contributed by atoms with Gasteiger partial charge < -0.3 is 5.32 Å². The summed E-state index contributed by atoms with van der Waals surface area (Å²) in [6, 6.07) is 2.61. The molecule has 0 spiro atoms. The van der Waals surface area contributed by atoms with Gasteiger partial charge in [-0.25, -0.2) is 0 Å². The highest BCUT2D eigenvalue weighted by Crippen LogP contribution is 2.26. The Morgan fingerprint density at radius 2 is 1.94 bits per heavy atom. The largest absolute Gasteiger partial charge is 0.310 e. The van der Waals surface area contributed by atoms with E-state index in [1.165, 1.54) is 31.2 Å². The molecule has 0 aromatic carbocycles. The van der Waals surface area contributed by atoms with Crippen molar-refractivity contribution >= 4 is 15.9 Å². The molecule has 1 N–H and O–H groups in total. The molecule has 0 amide bonds. The van der Waals surface area contributed by atoms with Crippen molar-refractivity contribution in [3.63, 3.8) is 0 Å². The van der Waals surface area contributed by atoms with Gasteiger partial charge in [-0.1, -0.05) is 33.6 Å². The van der Waals surface area contributed by atoms with Crippen molar-refractivity contribution in [1.82, 2.24) is 10.3 Å². The van der Waals surface area contributed by atoms with E-state index in [-0.39, 0.29) is 0 Å². The zero-order valence-corrected chi connectivity index (χ0v) is 13.3. The third-order valence-electron chi connectivity index (χ3n) is 3.49. The Hall–Kier alpha value is -0.410. The van der Waals surface area contributed by atoms with Gasteiger partial charge in [-0.05, 0) is 52.9 Å². The van der Waals surface area contributed by atoms with E-state index in [0.29, 0.717) is 6.04 Å². The highest BCUT2D eigenvalue weighted by Gasteiger charge is 2.16. The first-order valence-electron chi connectivity index (χ1n) is 7.05. The van der Waals surface area contributed by atoms with Crippen LogP contribution in [0, 0.1) is 5.92 Å². The van der Waals surface area contributed by atoms with Gasteiger partial charge in [0.1, 0.15) is 0 Å². The lowest BCUT2D eigenvalue weighted by atomic mass is 9.91. The number of nitrogens with zero attached hydrogens (tertiary/aromatic N) is 1. The van der Waals surface area contributed by atoms with Gasteiger partial charge in [0.2, 0.25) is 0 Å². The zero-order valence-electron chi connectivity index (χ0n) is 11.7. The van der Waals surface area contributed by atoms with Crippen LogP contribution in [0.3, 0.4) is 0 Å². The molecule has 2 nitrogen and oxygen atoms in total. The first-order chi connectivity index (χ1) is 8.71. The molecular formula is C15H25BrN2. The highest BCUT2D eigenvalue weighted by molar-refractivity contribution is 9.10. The summed E-state index contributed by atoms with van der Waals surface area (Å²) >= 11 is 3.51. The van der Waals surface area contributed by atoms with Crippen LogP contribution in [0.2, 0.25) is 0 Å². The minimum atomic E-state index is 0.430. The normalized spacial score (nSPS) is 12.9. The molecule has 3 heteroatoms. The molecule has 1 unspecified atom stereocenters. The van der Waals surface area contributed by atoms with Crippen molar-refractivity contribution in [2.45, 2.75) is 52.5 Å². The Bertz CT molecular complexity index is 337. The Morgan fingerprint density at radius 3 is 2.50 bits per heavy atom. The summed E-state index contributed by atoms with van der Waals surface area (Å²) < 4.78 is 1.06. The zero-order chi connectivity index (χ0) is 13.4. The third kappa shape index (κ3) is 5.07. The average Bonchev–Trinajstić information content (AvgIpc) is 2.39. The lowest BCUT2D eigenvalue weighted by Gasteiger charge is -2.23. The van der Waals surface area contributed by atoms with Crippen LogP contribution in [-0.2, 0) is 0 Å². The van der Waals surface area contributed by atoms with Crippen molar-refractivity contribution in [2.24, 2.45) is 5.92 Å². The van der Waals surface area contributed by atoms with Crippen LogP contribution in [0.15, 0.2) is 22.9 Å². The van der Waals surface area contributed by atoms with E-state index in [1.807, 2.05) is 12.4 Å². The molecule has 18 heavy (non-hydrogen) atoms. The predicted molar refractivity (Wildman–Crippen MR) is 81.7 cm³/mol. The van der Waals surface area contributed by atoms with Crippen LogP contribution in [0.1, 0.15) is 58.1 Å². The highest BCUT2D eigenvalue weighted by atomic mass is 79.9. The minimum absolute atomic E-state index is 0.430. The lowest BCUT2D eigenvalue weighted by molar-refractivity contribution is 0.371. The van der Waals surface area contributed by atoms with Crippen molar-refractivity contribution in [2.75, 3.05) is 6.54 Å². The second kappa shape index (κ2) is 8.65. The number of nitrogens with one attached hydrogen (secondary N) is 1. The molecule has 0 aliphatic carbocycles. The number of halogens is 1. The van der Waals surface area contributed by atoms with Crippen LogP contribution in [0.4, 0.5) is 0 Å². The van der Waals surface area contributed by atoms with Crippen LogP contribution in [0.25, 0.3) is 0 Å². The standard InChI is InChI=1S/C15H25BrN2/c1-4-7-18-15(8-12(5-2)6-3)13-9-14(16)11-17-10-13/h9-12,15,18H,4-8H2,1-3H3. The third-order valence-corrected chi connectivity index (χ3v) is 3.93. The number of hydrogen-bond donors (Lipinski definition) is 1. The molecule has 0 bridgehead atoms. The first kappa shape index (κ1) is 15.6. The topological polar surface area (TPSA) is 24.9 Å². The van der Waals surface area contributed by atoms with Crippen LogP contribution in [0.5, 0.6) is 0 Å². The summed E-state index contributed by atoms with van der Waals surface area (Å²) in [5.41, 5.74) is 1.30. The van der Waals surface area contributed by atoms with Gasteiger partial charge in [-0.15, -0.1) is 0 Å². The van der Waals surface area contributed by atoms with Crippen molar-refractivity contribution in [3.8, 4) is 0 Å². The van der Waals surface area contributed by atoms with Gasteiger partial charge in [-0.3, -0.25) is 4.98 Å². The molecule has 1 atom stereocenters. The van der Waals surface area contributed by atoms with Crippen molar-refractivity contribution < 1.29 is 0 Å². The Morgan fingerprint density at radius 1 is 1.22 bits per heavy atom. The van der Waals surface area contributed by atoms with E-state index >= 15 is 0 Å². The SMILES string of the molecule is CCCNC(CC(CC)CC)c1cncc(Br)c1. The summed E-state index contributed by atoms with van der Waals surface area (Å²) in [7, 11) is 0. The minimum Gasteiger partial charge on any atom is -0.310 e. The molecule has 0 saturated heterocycles. The summed E-state index contributed by atoms with van der Waals surface area (Å²) in [5, 5.41) is 3.65. The summed E-state index contributed by atoms with van der Waals surface area (Å²) in [6.45, 7) is 7.84. The molecule has 1 aromatic rings. The van der Waals surface area contributed by atoms with E-state index < -0.39 is 0 Å². The Labute approximate surface area is 120 Å². The fourth-order valence-corrected chi connectivity index (χ4v) is 2.61. The predicted octanol–water partition coefficient (Wildman–Crippen LogP) is 4.71. The molecule has 0 aliphatic heterocycles. The fraction of sp³-hybridized carbons (Fsp3) is 0.667. The lowest BCUT2D eigenvalue weighted by Crippen LogP contribution is -2.24. The molecule has 1 heterocycles. The molecule has 102 valence electrons. The van der Waals surface area contributed by atoms with Gasteiger partial charge in [0.05, 0.1) is 0 Å². The van der Waals surface area contributed by atoms with E-state index in [4.69, 9.17) is 0 Å². The second-order valence-electron chi connectivity index (χ2n) is 4.86. The fourth-order valence-electron chi connectivity index (χ4n) is 2.23. The maximum absolute atomic E-state index is 4.29. The van der Waals surface area contributed by atoms with Crippen LogP contribution < -0.4 is 5.32 Å². The van der Waals surface area contributed by atoms with Crippen LogP contribution >= 0.6 is 15.9 Å². The van der Waals surface area contributed by atoms with Gasteiger partial charge in [-0.2, -0.15) is 0 Å². The number of aromatic nitrogens is 1. The van der Waals surface area contributed by atoms with E-state index in [1.54, 1.807) is 0 Å². The molecular weight excluding hydrogens is 288 g/mol. The quantitative estimate of drug-likeness (QED) is 0.752. The van der Waals surface area contributed by atoms with Gasteiger partial charge >= 0.3 is 0 Å². The van der Waals surface area contributed by atoms with E-state index in [0.717, 1.165) is 16.9 Å². The van der Waals surface area contributed by atoms with Gasteiger partial charge in [0.15, 0.2) is 0 Å². The molecule has 1 rings (SSSR count). The molecule has 0 saturated carbocycles. The molecule has 1 aromatic heterocycles. The van der Waals surface area contributed by atoms with E-state index in [2.05, 4.69) is 53.1 Å². The first-order valence-corrected chi connectivity index (χ1v) is 7.84. The maximum atomic E-state index is 4.29. The number of pyridine rings is 1. The Balaban J connectivity index is 2.76. The van der Waals surface area contributed by atoms with Crippen LogP contribution in [-0.4, -0.2) is 11.5 Å². The Kier molecular flexibility index (Phi) is 7.52. The number of hydrogen-bond acceptors (Lipinski definition) is 2. The van der Waals surface area contributed by atoms with Gasteiger partial charge in [0.25, 0.3) is 0 Å². The molecule has 0 radical (unpaired) electrons. The number of rotatable bonds is 8. The maximum Gasteiger partial charge on any atom is 0.0410 e. The van der Waals surface area contributed by atoms with E-state index in [9.17, 15) is 0 Å².